The van der Waals surface area contributed by atoms with Crippen molar-refractivity contribution in [3.8, 4) is 5.75 Å². The molecule has 100 valence electrons. The molecule has 1 N–H and O–H groups in total. The number of ether oxygens (including phenoxy) is 1. The van der Waals surface area contributed by atoms with E-state index in [4.69, 9.17) is 4.74 Å². The van der Waals surface area contributed by atoms with Gasteiger partial charge in [0.05, 0.1) is 6.61 Å². The van der Waals surface area contributed by atoms with Crippen molar-refractivity contribution in [2.75, 3.05) is 18.5 Å². The quantitative estimate of drug-likeness (QED) is 0.865. The molecule has 1 aromatic heterocycles. The molecule has 1 heterocycles. The zero-order valence-electron chi connectivity index (χ0n) is 12.1. The summed E-state index contributed by atoms with van der Waals surface area (Å²) in [4.78, 5) is 4.36. The van der Waals surface area contributed by atoms with E-state index in [0.717, 1.165) is 18.1 Å². The molecule has 0 aromatic carbocycles. The standard InChI is InChI=1S/C15H24N2O/c1-6-18-11-8-7-9-16-13(11)17-10-12-14(2,3)15(12,4)5/h7-9,12H,6,10H2,1-5H3,(H,16,17). The molecule has 1 fully saturated rings. The molecule has 0 amide bonds. The molecule has 1 saturated carbocycles. The van der Waals surface area contributed by atoms with Gasteiger partial charge in [-0.2, -0.15) is 0 Å². The van der Waals surface area contributed by atoms with Crippen molar-refractivity contribution in [3.63, 3.8) is 0 Å². The van der Waals surface area contributed by atoms with E-state index in [9.17, 15) is 0 Å². The number of nitrogens with one attached hydrogen (secondary N) is 1. The fraction of sp³-hybridized carbons (Fsp3) is 0.667. The van der Waals surface area contributed by atoms with E-state index in [-0.39, 0.29) is 0 Å². The fourth-order valence-electron chi connectivity index (χ4n) is 2.84. The number of nitrogens with zero attached hydrogens (tertiary/aromatic N) is 1. The van der Waals surface area contributed by atoms with Gasteiger partial charge in [-0.25, -0.2) is 4.98 Å². The Morgan fingerprint density at radius 2 is 1.94 bits per heavy atom. The molecule has 1 aliphatic rings. The third-order valence-electron chi connectivity index (χ3n) is 4.86. The van der Waals surface area contributed by atoms with E-state index in [1.165, 1.54) is 0 Å². The number of aromatic nitrogens is 1. The summed E-state index contributed by atoms with van der Waals surface area (Å²) in [7, 11) is 0. The summed E-state index contributed by atoms with van der Waals surface area (Å²) in [5, 5.41) is 3.44. The van der Waals surface area contributed by atoms with Crippen LogP contribution in [0.25, 0.3) is 0 Å². The lowest BCUT2D eigenvalue weighted by Crippen LogP contribution is -2.10. The molecule has 1 aromatic rings. The summed E-state index contributed by atoms with van der Waals surface area (Å²) in [5.74, 6) is 2.38. The summed E-state index contributed by atoms with van der Waals surface area (Å²) in [6.07, 6.45) is 1.80. The third kappa shape index (κ3) is 2.06. The minimum absolute atomic E-state index is 0.403. The van der Waals surface area contributed by atoms with Crippen molar-refractivity contribution >= 4 is 5.82 Å². The first-order chi connectivity index (χ1) is 8.41. The smallest absolute Gasteiger partial charge is 0.168 e. The van der Waals surface area contributed by atoms with Gasteiger partial charge in [-0.3, -0.25) is 0 Å². The Hall–Kier alpha value is -1.25. The first kappa shape index (κ1) is 13.2. The Bertz CT molecular complexity index is 412. The summed E-state index contributed by atoms with van der Waals surface area (Å²) in [5.41, 5.74) is 0.807. The molecule has 2 rings (SSSR count). The Morgan fingerprint density at radius 3 is 2.50 bits per heavy atom. The van der Waals surface area contributed by atoms with Gasteiger partial charge in [-0.15, -0.1) is 0 Å². The molecule has 0 spiro atoms. The topological polar surface area (TPSA) is 34.1 Å². The largest absolute Gasteiger partial charge is 0.490 e. The van der Waals surface area contributed by atoms with Crippen LogP contribution >= 0.6 is 0 Å². The second-order valence-electron chi connectivity index (χ2n) is 6.16. The Morgan fingerprint density at radius 1 is 1.28 bits per heavy atom. The maximum absolute atomic E-state index is 5.57. The van der Waals surface area contributed by atoms with Crippen molar-refractivity contribution in [2.24, 2.45) is 16.7 Å². The number of pyridine rings is 1. The van der Waals surface area contributed by atoms with E-state index >= 15 is 0 Å². The van der Waals surface area contributed by atoms with Gasteiger partial charge < -0.3 is 10.1 Å². The van der Waals surface area contributed by atoms with E-state index in [0.29, 0.717) is 23.4 Å². The van der Waals surface area contributed by atoms with Crippen LogP contribution in [-0.4, -0.2) is 18.1 Å². The van der Waals surface area contributed by atoms with Crippen molar-refractivity contribution in [1.82, 2.24) is 4.98 Å². The second kappa shape index (κ2) is 4.45. The minimum atomic E-state index is 0.403. The number of anilines is 1. The van der Waals surface area contributed by atoms with E-state index in [1.54, 1.807) is 6.20 Å². The highest BCUT2D eigenvalue weighted by atomic mass is 16.5. The highest BCUT2D eigenvalue weighted by Gasteiger charge is 2.64. The molecular weight excluding hydrogens is 224 g/mol. The first-order valence-corrected chi connectivity index (χ1v) is 6.73. The van der Waals surface area contributed by atoms with Crippen LogP contribution in [-0.2, 0) is 0 Å². The Labute approximate surface area is 110 Å². The fourth-order valence-corrected chi connectivity index (χ4v) is 2.84. The summed E-state index contributed by atoms with van der Waals surface area (Å²) >= 11 is 0. The van der Waals surface area contributed by atoms with Crippen LogP contribution < -0.4 is 10.1 Å². The van der Waals surface area contributed by atoms with Crippen LogP contribution in [0.3, 0.4) is 0 Å². The summed E-state index contributed by atoms with van der Waals surface area (Å²) in [6, 6.07) is 3.86. The molecule has 1 aliphatic carbocycles. The van der Waals surface area contributed by atoms with Crippen LogP contribution in [0.2, 0.25) is 0 Å². The first-order valence-electron chi connectivity index (χ1n) is 6.73. The normalized spacial score (nSPS) is 20.5. The molecule has 0 radical (unpaired) electrons. The second-order valence-corrected chi connectivity index (χ2v) is 6.16. The lowest BCUT2D eigenvalue weighted by molar-refractivity contribution is 0.340. The SMILES string of the molecule is CCOc1cccnc1NCC1C(C)(C)C1(C)C. The summed E-state index contributed by atoms with van der Waals surface area (Å²) < 4.78 is 5.57. The number of hydrogen-bond donors (Lipinski definition) is 1. The van der Waals surface area contributed by atoms with Crippen molar-refractivity contribution < 1.29 is 4.74 Å². The molecule has 0 unspecified atom stereocenters. The molecular formula is C15H24N2O. The Kier molecular flexibility index (Phi) is 3.26. The van der Waals surface area contributed by atoms with Crippen LogP contribution in [0.4, 0.5) is 5.82 Å². The van der Waals surface area contributed by atoms with E-state index < -0.39 is 0 Å². The third-order valence-corrected chi connectivity index (χ3v) is 4.86. The van der Waals surface area contributed by atoms with Gasteiger partial charge >= 0.3 is 0 Å². The molecule has 0 atom stereocenters. The average molecular weight is 248 g/mol. The monoisotopic (exact) mass is 248 g/mol. The highest BCUT2D eigenvalue weighted by Crippen LogP contribution is 2.68. The number of hydrogen-bond acceptors (Lipinski definition) is 3. The van der Waals surface area contributed by atoms with Gasteiger partial charge in [0.1, 0.15) is 0 Å². The maximum atomic E-state index is 5.57. The van der Waals surface area contributed by atoms with E-state index in [1.807, 2.05) is 19.1 Å². The van der Waals surface area contributed by atoms with Gasteiger partial charge in [0.2, 0.25) is 0 Å². The van der Waals surface area contributed by atoms with Crippen molar-refractivity contribution in [1.29, 1.82) is 0 Å². The minimum Gasteiger partial charge on any atom is -0.490 e. The van der Waals surface area contributed by atoms with Gasteiger partial charge in [-0.05, 0) is 35.8 Å². The zero-order chi connectivity index (χ0) is 13.4. The molecule has 0 bridgehead atoms. The predicted octanol–water partition coefficient (Wildman–Crippen LogP) is 3.57. The molecule has 18 heavy (non-hydrogen) atoms. The average Bonchev–Trinajstić information content (AvgIpc) is 2.69. The van der Waals surface area contributed by atoms with Crippen molar-refractivity contribution in [3.05, 3.63) is 18.3 Å². The highest BCUT2D eigenvalue weighted by molar-refractivity contribution is 5.49. The van der Waals surface area contributed by atoms with Crippen LogP contribution in [0, 0.1) is 16.7 Å². The van der Waals surface area contributed by atoms with Crippen LogP contribution in [0.5, 0.6) is 5.75 Å². The van der Waals surface area contributed by atoms with Crippen LogP contribution in [0.15, 0.2) is 18.3 Å². The van der Waals surface area contributed by atoms with Gasteiger partial charge in [-0.1, -0.05) is 27.7 Å². The van der Waals surface area contributed by atoms with Gasteiger partial charge in [0.15, 0.2) is 11.6 Å². The molecule has 3 heteroatoms. The van der Waals surface area contributed by atoms with Gasteiger partial charge in [0.25, 0.3) is 0 Å². The molecule has 0 aliphatic heterocycles. The lowest BCUT2D eigenvalue weighted by atomic mass is 10.0. The predicted molar refractivity (Wildman–Crippen MR) is 74.9 cm³/mol. The van der Waals surface area contributed by atoms with Gasteiger partial charge in [0, 0.05) is 12.7 Å². The number of rotatable bonds is 5. The van der Waals surface area contributed by atoms with Crippen LogP contribution in [0.1, 0.15) is 34.6 Å². The molecule has 0 saturated heterocycles. The van der Waals surface area contributed by atoms with Crippen molar-refractivity contribution in [2.45, 2.75) is 34.6 Å². The zero-order valence-corrected chi connectivity index (χ0v) is 12.1. The van der Waals surface area contributed by atoms with E-state index in [2.05, 4.69) is 38.0 Å². The summed E-state index contributed by atoms with van der Waals surface area (Å²) in [6.45, 7) is 13.0. The maximum Gasteiger partial charge on any atom is 0.168 e. The Balaban J connectivity index is 2.00. The molecule has 3 nitrogen and oxygen atoms in total. The lowest BCUT2D eigenvalue weighted by Gasteiger charge is -2.11.